The van der Waals surface area contributed by atoms with Crippen LogP contribution in [0.2, 0.25) is 0 Å². The van der Waals surface area contributed by atoms with Gasteiger partial charge in [0.25, 0.3) is 0 Å². The van der Waals surface area contributed by atoms with Crippen LogP contribution >= 0.6 is 0 Å². The fraction of sp³-hybridized carbons (Fsp3) is 0.444. The fourth-order valence-corrected chi connectivity index (χ4v) is 2.97. The van der Waals surface area contributed by atoms with Gasteiger partial charge >= 0.3 is 5.97 Å². The Balaban J connectivity index is 1.36. The van der Waals surface area contributed by atoms with Crippen molar-refractivity contribution in [3.8, 4) is 0 Å². The van der Waals surface area contributed by atoms with Crippen molar-refractivity contribution >= 4 is 5.97 Å². The molecule has 0 atom stereocenters. The zero-order chi connectivity index (χ0) is 15.9. The maximum atomic E-state index is 11.9. The van der Waals surface area contributed by atoms with Gasteiger partial charge in [0.1, 0.15) is 6.61 Å². The van der Waals surface area contributed by atoms with Crippen LogP contribution < -0.4 is 0 Å². The molecule has 122 valence electrons. The van der Waals surface area contributed by atoms with Crippen LogP contribution in [0.5, 0.6) is 0 Å². The summed E-state index contributed by atoms with van der Waals surface area (Å²) in [6.45, 7) is 3.62. The SMILES string of the molecule is O=C(CN1CCC(Cn2cccn2)CC1)OCc1ccccc1. The first kappa shape index (κ1) is 15.7. The summed E-state index contributed by atoms with van der Waals surface area (Å²) in [5.74, 6) is 0.505. The summed E-state index contributed by atoms with van der Waals surface area (Å²) in [5, 5.41) is 4.26. The van der Waals surface area contributed by atoms with Crippen LogP contribution in [0.3, 0.4) is 0 Å². The van der Waals surface area contributed by atoms with Crippen molar-refractivity contribution in [2.45, 2.75) is 26.0 Å². The zero-order valence-electron chi connectivity index (χ0n) is 13.3. The van der Waals surface area contributed by atoms with Gasteiger partial charge in [0.2, 0.25) is 0 Å². The van der Waals surface area contributed by atoms with E-state index in [1.165, 1.54) is 0 Å². The molecular weight excluding hydrogens is 290 g/mol. The van der Waals surface area contributed by atoms with E-state index in [0.717, 1.165) is 38.0 Å². The summed E-state index contributed by atoms with van der Waals surface area (Å²) in [5.41, 5.74) is 1.03. The van der Waals surface area contributed by atoms with E-state index >= 15 is 0 Å². The van der Waals surface area contributed by atoms with Gasteiger partial charge in [-0.25, -0.2) is 0 Å². The van der Waals surface area contributed by atoms with E-state index < -0.39 is 0 Å². The third kappa shape index (κ3) is 4.93. The van der Waals surface area contributed by atoms with Crippen molar-refractivity contribution in [1.82, 2.24) is 14.7 Å². The van der Waals surface area contributed by atoms with Gasteiger partial charge in [0.15, 0.2) is 0 Å². The molecule has 1 fully saturated rings. The lowest BCUT2D eigenvalue weighted by Gasteiger charge is -2.31. The van der Waals surface area contributed by atoms with Crippen LogP contribution in [0, 0.1) is 5.92 Å². The van der Waals surface area contributed by atoms with Crippen LogP contribution in [-0.4, -0.2) is 40.3 Å². The second kappa shape index (κ2) is 7.92. The summed E-state index contributed by atoms with van der Waals surface area (Å²) in [4.78, 5) is 14.1. The molecule has 1 saturated heterocycles. The highest BCUT2D eigenvalue weighted by Gasteiger charge is 2.21. The number of piperidine rings is 1. The van der Waals surface area contributed by atoms with E-state index in [4.69, 9.17) is 4.74 Å². The lowest BCUT2D eigenvalue weighted by Crippen LogP contribution is -2.38. The van der Waals surface area contributed by atoms with Crippen LogP contribution in [0.4, 0.5) is 0 Å². The van der Waals surface area contributed by atoms with Gasteiger partial charge in [-0.15, -0.1) is 0 Å². The van der Waals surface area contributed by atoms with E-state index in [9.17, 15) is 4.79 Å². The molecule has 0 bridgehead atoms. The minimum Gasteiger partial charge on any atom is -0.460 e. The Kier molecular flexibility index (Phi) is 5.42. The molecule has 0 amide bonds. The molecule has 2 aromatic rings. The number of hydrogen-bond acceptors (Lipinski definition) is 4. The first-order chi connectivity index (χ1) is 11.3. The number of carbonyl (C=O) groups is 1. The summed E-state index contributed by atoms with van der Waals surface area (Å²) in [6.07, 6.45) is 6.03. The van der Waals surface area contributed by atoms with Gasteiger partial charge in [0.05, 0.1) is 6.54 Å². The van der Waals surface area contributed by atoms with Gasteiger partial charge < -0.3 is 4.74 Å². The van der Waals surface area contributed by atoms with Crippen molar-refractivity contribution in [3.05, 3.63) is 54.4 Å². The molecule has 1 aliphatic rings. The summed E-state index contributed by atoms with van der Waals surface area (Å²) < 4.78 is 7.34. The number of aromatic nitrogens is 2. The molecule has 1 aromatic heterocycles. The minimum atomic E-state index is -0.139. The summed E-state index contributed by atoms with van der Waals surface area (Å²) >= 11 is 0. The van der Waals surface area contributed by atoms with Crippen LogP contribution in [0.15, 0.2) is 48.8 Å². The van der Waals surface area contributed by atoms with E-state index in [1.54, 1.807) is 0 Å². The maximum Gasteiger partial charge on any atom is 0.320 e. The normalized spacial score (nSPS) is 16.3. The Bertz CT molecular complexity index is 590. The van der Waals surface area contributed by atoms with E-state index in [0.29, 0.717) is 19.1 Å². The Labute approximate surface area is 136 Å². The second-order valence-corrected chi connectivity index (χ2v) is 6.09. The van der Waals surface area contributed by atoms with E-state index in [-0.39, 0.29) is 5.97 Å². The molecule has 0 N–H and O–H groups in total. The predicted octanol–water partition coefficient (Wildman–Crippen LogP) is 2.34. The Morgan fingerprint density at radius 3 is 2.65 bits per heavy atom. The number of nitrogens with zero attached hydrogens (tertiary/aromatic N) is 3. The van der Waals surface area contributed by atoms with Crippen molar-refractivity contribution < 1.29 is 9.53 Å². The third-order valence-corrected chi connectivity index (χ3v) is 4.31. The average molecular weight is 313 g/mol. The molecule has 5 nitrogen and oxygen atoms in total. The molecule has 0 aliphatic carbocycles. The highest BCUT2D eigenvalue weighted by Crippen LogP contribution is 2.18. The molecule has 1 aromatic carbocycles. The zero-order valence-corrected chi connectivity index (χ0v) is 13.3. The first-order valence-electron chi connectivity index (χ1n) is 8.19. The van der Waals surface area contributed by atoms with Crippen LogP contribution in [-0.2, 0) is 22.7 Å². The smallest absolute Gasteiger partial charge is 0.320 e. The van der Waals surface area contributed by atoms with Crippen LogP contribution in [0.1, 0.15) is 18.4 Å². The molecule has 1 aliphatic heterocycles. The third-order valence-electron chi connectivity index (χ3n) is 4.31. The summed E-state index contributed by atoms with van der Waals surface area (Å²) in [6, 6.07) is 11.7. The summed E-state index contributed by atoms with van der Waals surface area (Å²) in [7, 11) is 0. The van der Waals surface area contributed by atoms with Crippen molar-refractivity contribution in [2.75, 3.05) is 19.6 Å². The van der Waals surface area contributed by atoms with E-state index in [1.807, 2.05) is 53.5 Å². The number of ether oxygens (including phenoxy) is 1. The Hall–Kier alpha value is -2.14. The first-order valence-corrected chi connectivity index (χ1v) is 8.19. The number of esters is 1. The topological polar surface area (TPSA) is 47.4 Å². The highest BCUT2D eigenvalue weighted by atomic mass is 16.5. The van der Waals surface area contributed by atoms with Gasteiger partial charge in [-0.2, -0.15) is 5.10 Å². The van der Waals surface area contributed by atoms with Crippen molar-refractivity contribution in [1.29, 1.82) is 0 Å². The van der Waals surface area contributed by atoms with Crippen molar-refractivity contribution in [2.24, 2.45) is 5.92 Å². The molecule has 0 radical (unpaired) electrons. The molecule has 2 heterocycles. The minimum absolute atomic E-state index is 0.139. The quantitative estimate of drug-likeness (QED) is 0.768. The fourth-order valence-electron chi connectivity index (χ4n) is 2.97. The average Bonchev–Trinajstić information content (AvgIpc) is 3.09. The lowest BCUT2D eigenvalue weighted by atomic mass is 9.97. The largest absolute Gasteiger partial charge is 0.460 e. The van der Waals surface area contributed by atoms with Gasteiger partial charge in [-0.05, 0) is 43.5 Å². The maximum absolute atomic E-state index is 11.9. The standard InChI is InChI=1S/C18H23N3O2/c22-18(23-15-17-5-2-1-3-6-17)14-20-11-7-16(8-12-20)13-21-10-4-9-19-21/h1-6,9-10,16H,7-8,11-15H2. The van der Waals surface area contributed by atoms with Crippen LogP contribution in [0.25, 0.3) is 0 Å². The molecule has 0 spiro atoms. The van der Waals surface area contributed by atoms with Gasteiger partial charge in [-0.1, -0.05) is 30.3 Å². The Morgan fingerprint density at radius 2 is 1.96 bits per heavy atom. The molecule has 3 rings (SSSR count). The molecule has 5 heteroatoms. The molecule has 23 heavy (non-hydrogen) atoms. The molecule has 0 unspecified atom stereocenters. The Morgan fingerprint density at radius 1 is 1.17 bits per heavy atom. The van der Waals surface area contributed by atoms with E-state index in [2.05, 4.69) is 10.00 Å². The van der Waals surface area contributed by atoms with Crippen molar-refractivity contribution in [3.63, 3.8) is 0 Å². The number of hydrogen-bond donors (Lipinski definition) is 0. The predicted molar refractivity (Wildman–Crippen MR) is 87.6 cm³/mol. The number of rotatable bonds is 6. The number of carbonyl (C=O) groups excluding carboxylic acids is 1. The number of benzene rings is 1. The second-order valence-electron chi connectivity index (χ2n) is 6.09. The number of likely N-dealkylation sites (tertiary alicyclic amines) is 1. The van der Waals surface area contributed by atoms with Gasteiger partial charge in [0, 0.05) is 18.9 Å². The lowest BCUT2D eigenvalue weighted by molar-refractivity contribution is -0.146. The van der Waals surface area contributed by atoms with Gasteiger partial charge in [-0.3, -0.25) is 14.4 Å². The molecule has 0 saturated carbocycles. The molecular formula is C18H23N3O2. The highest BCUT2D eigenvalue weighted by molar-refractivity contribution is 5.71. The monoisotopic (exact) mass is 313 g/mol.